The molecule has 0 radical (unpaired) electrons. The molecule has 0 aliphatic carbocycles. The highest BCUT2D eigenvalue weighted by Crippen LogP contribution is 2.27. The predicted molar refractivity (Wildman–Crippen MR) is 113 cm³/mol. The van der Waals surface area contributed by atoms with Gasteiger partial charge in [0.15, 0.2) is 0 Å². The summed E-state index contributed by atoms with van der Waals surface area (Å²) >= 11 is 0. The Hall–Kier alpha value is -2.79. The Balaban J connectivity index is 1.89. The summed E-state index contributed by atoms with van der Waals surface area (Å²) in [6.07, 6.45) is 2.02. The van der Waals surface area contributed by atoms with Crippen LogP contribution in [0, 0.1) is 0 Å². The van der Waals surface area contributed by atoms with Crippen LogP contribution in [0.2, 0.25) is 0 Å². The van der Waals surface area contributed by atoms with E-state index in [1.807, 2.05) is 60.7 Å². The van der Waals surface area contributed by atoms with Crippen molar-refractivity contribution in [3.63, 3.8) is 0 Å². The largest absolute Gasteiger partial charge is 0.494 e. The maximum atomic E-state index is 13.4. The average Bonchev–Trinajstić information content (AvgIpc) is 2.74. The van der Waals surface area contributed by atoms with E-state index in [2.05, 4.69) is 6.92 Å². The van der Waals surface area contributed by atoms with E-state index in [1.54, 1.807) is 24.3 Å². The van der Waals surface area contributed by atoms with Gasteiger partial charge in [-0.25, -0.2) is 8.42 Å². The van der Waals surface area contributed by atoms with E-state index in [1.165, 1.54) is 4.31 Å². The van der Waals surface area contributed by atoms with E-state index < -0.39 is 10.0 Å². The van der Waals surface area contributed by atoms with E-state index in [0.29, 0.717) is 18.0 Å². The van der Waals surface area contributed by atoms with Crippen LogP contribution < -0.4 is 9.04 Å². The van der Waals surface area contributed by atoms with Crippen molar-refractivity contribution in [1.82, 2.24) is 0 Å². The number of benzene rings is 3. The van der Waals surface area contributed by atoms with Crippen molar-refractivity contribution in [2.75, 3.05) is 10.9 Å². The lowest BCUT2D eigenvalue weighted by atomic mass is 10.2. The van der Waals surface area contributed by atoms with Gasteiger partial charge >= 0.3 is 0 Å². The topological polar surface area (TPSA) is 46.6 Å². The van der Waals surface area contributed by atoms with Crippen LogP contribution in [0.25, 0.3) is 0 Å². The van der Waals surface area contributed by atoms with Gasteiger partial charge in [-0.15, -0.1) is 0 Å². The average molecular weight is 396 g/mol. The molecule has 0 unspecified atom stereocenters. The van der Waals surface area contributed by atoms with Gasteiger partial charge in [0, 0.05) is 0 Å². The number of ether oxygens (including phenoxy) is 1. The molecule has 146 valence electrons. The monoisotopic (exact) mass is 395 g/mol. The van der Waals surface area contributed by atoms with Crippen molar-refractivity contribution < 1.29 is 13.2 Å². The van der Waals surface area contributed by atoms with Crippen LogP contribution in [0.15, 0.2) is 89.8 Å². The van der Waals surface area contributed by atoms with Crippen LogP contribution in [0.1, 0.15) is 25.3 Å². The summed E-state index contributed by atoms with van der Waals surface area (Å²) in [5.74, 6) is 0.682. The Morgan fingerprint density at radius 3 is 2.04 bits per heavy atom. The number of rotatable bonds is 9. The molecule has 0 spiro atoms. The molecule has 3 rings (SSSR count). The van der Waals surface area contributed by atoms with Crippen molar-refractivity contribution in [2.24, 2.45) is 0 Å². The third-order valence-electron chi connectivity index (χ3n) is 4.39. The first kappa shape index (κ1) is 20.0. The van der Waals surface area contributed by atoms with Crippen LogP contribution >= 0.6 is 0 Å². The second-order valence-corrected chi connectivity index (χ2v) is 8.37. The maximum absolute atomic E-state index is 13.4. The summed E-state index contributed by atoms with van der Waals surface area (Å²) in [7, 11) is -3.72. The molecule has 0 heterocycles. The van der Waals surface area contributed by atoms with E-state index in [-0.39, 0.29) is 11.4 Å². The molecule has 0 N–H and O–H groups in total. The summed E-state index contributed by atoms with van der Waals surface area (Å²) in [6.45, 7) is 3.00. The highest BCUT2D eigenvalue weighted by atomic mass is 32.2. The fraction of sp³-hybridized carbons (Fsp3) is 0.217. The van der Waals surface area contributed by atoms with Gasteiger partial charge in [-0.2, -0.15) is 0 Å². The summed E-state index contributed by atoms with van der Waals surface area (Å²) in [5, 5.41) is 0. The SMILES string of the molecule is CCCCOc1ccc(S(=O)(=O)N(Cc2ccccc2)c2ccccc2)cc1. The molecule has 5 heteroatoms. The lowest BCUT2D eigenvalue weighted by molar-refractivity contribution is 0.309. The molecule has 0 aliphatic rings. The first-order valence-corrected chi connectivity index (χ1v) is 10.9. The third-order valence-corrected chi connectivity index (χ3v) is 6.18. The van der Waals surface area contributed by atoms with Crippen LogP contribution in [-0.4, -0.2) is 15.0 Å². The lowest BCUT2D eigenvalue weighted by Gasteiger charge is -2.25. The van der Waals surface area contributed by atoms with E-state index in [4.69, 9.17) is 4.74 Å². The molecule has 3 aromatic rings. The van der Waals surface area contributed by atoms with Gasteiger partial charge in [-0.05, 0) is 48.4 Å². The normalized spacial score (nSPS) is 11.2. The predicted octanol–water partition coefficient (Wildman–Crippen LogP) is 5.26. The van der Waals surface area contributed by atoms with Gasteiger partial charge in [0.25, 0.3) is 10.0 Å². The van der Waals surface area contributed by atoms with Gasteiger partial charge < -0.3 is 4.74 Å². The Labute approximate surface area is 167 Å². The summed E-state index contributed by atoms with van der Waals surface area (Å²) in [4.78, 5) is 0.245. The molecule has 0 atom stereocenters. The molecule has 0 bridgehead atoms. The minimum Gasteiger partial charge on any atom is -0.494 e. The molecule has 28 heavy (non-hydrogen) atoms. The molecular weight excluding hydrogens is 370 g/mol. The first-order valence-electron chi connectivity index (χ1n) is 9.46. The second-order valence-electron chi connectivity index (χ2n) is 6.51. The van der Waals surface area contributed by atoms with Gasteiger partial charge in [-0.3, -0.25) is 4.31 Å². The molecule has 0 saturated heterocycles. The fourth-order valence-electron chi connectivity index (χ4n) is 2.83. The Kier molecular flexibility index (Phi) is 6.71. The lowest BCUT2D eigenvalue weighted by Crippen LogP contribution is -2.30. The number of nitrogens with zero attached hydrogens (tertiary/aromatic N) is 1. The highest BCUT2D eigenvalue weighted by molar-refractivity contribution is 7.92. The highest BCUT2D eigenvalue weighted by Gasteiger charge is 2.25. The molecule has 0 aromatic heterocycles. The molecule has 0 fully saturated rings. The van der Waals surface area contributed by atoms with E-state index in [0.717, 1.165) is 18.4 Å². The van der Waals surface area contributed by atoms with E-state index in [9.17, 15) is 8.42 Å². The van der Waals surface area contributed by atoms with Gasteiger partial charge in [0.1, 0.15) is 5.75 Å². The van der Waals surface area contributed by atoms with Crippen molar-refractivity contribution >= 4 is 15.7 Å². The third kappa shape index (κ3) is 4.93. The molecule has 0 saturated carbocycles. The van der Waals surface area contributed by atoms with Crippen LogP contribution in [0.4, 0.5) is 5.69 Å². The standard InChI is InChI=1S/C23H25NO3S/c1-2-3-18-27-22-14-16-23(17-15-22)28(25,26)24(21-12-8-5-9-13-21)19-20-10-6-4-7-11-20/h4-17H,2-3,18-19H2,1H3. The zero-order valence-electron chi connectivity index (χ0n) is 16.0. The number of hydrogen-bond acceptors (Lipinski definition) is 3. The van der Waals surface area contributed by atoms with Gasteiger partial charge in [0.05, 0.1) is 23.7 Å². The van der Waals surface area contributed by atoms with Crippen molar-refractivity contribution in [3.8, 4) is 5.75 Å². The Morgan fingerprint density at radius 2 is 1.43 bits per heavy atom. The smallest absolute Gasteiger partial charge is 0.264 e. The molecule has 3 aromatic carbocycles. The summed E-state index contributed by atoms with van der Waals surface area (Å²) < 4.78 is 33.9. The number of hydrogen-bond donors (Lipinski definition) is 0. The fourth-order valence-corrected chi connectivity index (χ4v) is 4.28. The Bertz CT molecular complexity index is 956. The quantitative estimate of drug-likeness (QED) is 0.464. The van der Waals surface area contributed by atoms with E-state index >= 15 is 0 Å². The van der Waals surface area contributed by atoms with Crippen molar-refractivity contribution in [3.05, 3.63) is 90.5 Å². The van der Waals surface area contributed by atoms with Gasteiger partial charge in [0.2, 0.25) is 0 Å². The molecule has 4 nitrogen and oxygen atoms in total. The Morgan fingerprint density at radius 1 is 0.821 bits per heavy atom. The summed E-state index contributed by atoms with van der Waals surface area (Å²) in [5.41, 5.74) is 1.56. The second kappa shape index (κ2) is 9.42. The zero-order chi connectivity index (χ0) is 19.8. The molecule has 0 aliphatic heterocycles. The minimum atomic E-state index is -3.72. The first-order chi connectivity index (χ1) is 13.6. The van der Waals surface area contributed by atoms with Crippen molar-refractivity contribution in [1.29, 1.82) is 0 Å². The summed E-state index contributed by atoms with van der Waals surface area (Å²) in [6, 6.07) is 25.4. The molecular formula is C23H25NO3S. The molecule has 0 amide bonds. The number of unbranched alkanes of at least 4 members (excludes halogenated alkanes) is 1. The van der Waals surface area contributed by atoms with Gasteiger partial charge in [-0.1, -0.05) is 61.9 Å². The minimum absolute atomic E-state index is 0.245. The zero-order valence-corrected chi connectivity index (χ0v) is 16.8. The number of anilines is 1. The van der Waals surface area contributed by atoms with Crippen molar-refractivity contribution in [2.45, 2.75) is 31.2 Å². The number of sulfonamides is 1. The maximum Gasteiger partial charge on any atom is 0.264 e. The number of para-hydroxylation sites is 1. The van der Waals surface area contributed by atoms with Crippen LogP contribution in [-0.2, 0) is 16.6 Å². The van der Waals surface area contributed by atoms with Crippen LogP contribution in [0.5, 0.6) is 5.75 Å². The van der Waals surface area contributed by atoms with Crippen LogP contribution in [0.3, 0.4) is 0 Å².